The first-order valence-corrected chi connectivity index (χ1v) is 10.7. The Morgan fingerprint density at radius 1 is 1.33 bits per heavy atom. The van der Waals surface area contributed by atoms with Crippen molar-refractivity contribution in [3.05, 3.63) is 28.2 Å². The Morgan fingerprint density at radius 3 is 2.85 bits per heavy atom. The third kappa shape index (κ3) is 4.70. The molecule has 3 rings (SSSR count). The minimum absolute atomic E-state index is 0.0139. The second-order valence-corrected chi connectivity index (χ2v) is 8.82. The van der Waals surface area contributed by atoms with Crippen molar-refractivity contribution in [3.8, 4) is 11.4 Å². The van der Waals surface area contributed by atoms with E-state index in [1.165, 1.54) is 22.9 Å². The Hall–Kier alpha value is -1.44. The zero-order valence-corrected chi connectivity index (χ0v) is 17.6. The van der Waals surface area contributed by atoms with E-state index in [4.69, 9.17) is 29.0 Å². The number of nitrogens with one attached hydrogen (secondary N) is 1. The molecular formula is C18H23Cl2N5OS. The Morgan fingerprint density at radius 2 is 2.11 bits per heavy atom. The van der Waals surface area contributed by atoms with Gasteiger partial charge in [-0.2, -0.15) is 0 Å². The summed E-state index contributed by atoms with van der Waals surface area (Å²) in [7, 11) is 0. The molecule has 1 aromatic heterocycles. The normalized spacial score (nSPS) is 22.6. The van der Waals surface area contributed by atoms with Crippen LogP contribution in [0.4, 0.5) is 0 Å². The van der Waals surface area contributed by atoms with Gasteiger partial charge in [0.25, 0.3) is 0 Å². The largest absolute Gasteiger partial charge is 0.352 e. The molecule has 3 atom stereocenters. The van der Waals surface area contributed by atoms with Gasteiger partial charge in [0.15, 0.2) is 5.82 Å². The summed E-state index contributed by atoms with van der Waals surface area (Å²) in [4.78, 5) is 12.4. The van der Waals surface area contributed by atoms with E-state index in [-0.39, 0.29) is 17.7 Å². The van der Waals surface area contributed by atoms with Gasteiger partial charge in [0.1, 0.15) is 0 Å². The number of aromatic nitrogens is 3. The molecule has 1 aromatic carbocycles. The SMILES string of the molecule is C[C@@H]1[C@H](C)CCC[C@@H]1NC(=O)CSc1nnc(-c2ccc(Cl)cc2Cl)n1N. The van der Waals surface area contributed by atoms with Gasteiger partial charge in [0.2, 0.25) is 11.1 Å². The lowest BCUT2D eigenvalue weighted by Crippen LogP contribution is -2.44. The predicted octanol–water partition coefficient (Wildman–Crippen LogP) is 4.00. The minimum Gasteiger partial charge on any atom is -0.352 e. The lowest BCUT2D eigenvalue weighted by Gasteiger charge is -2.34. The number of nitrogens with zero attached hydrogens (tertiary/aromatic N) is 3. The quantitative estimate of drug-likeness (QED) is 0.556. The maximum atomic E-state index is 12.4. The summed E-state index contributed by atoms with van der Waals surface area (Å²) in [6.07, 6.45) is 3.43. The first kappa shape index (κ1) is 20.3. The monoisotopic (exact) mass is 427 g/mol. The second-order valence-electron chi connectivity index (χ2n) is 7.03. The van der Waals surface area contributed by atoms with Crippen LogP contribution in [0, 0.1) is 11.8 Å². The summed E-state index contributed by atoms with van der Waals surface area (Å²) in [6.45, 7) is 4.46. The highest BCUT2D eigenvalue weighted by Crippen LogP contribution is 2.31. The maximum absolute atomic E-state index is 12.4. The third-order valence-electron chi connectivity index (χ3n) is 5.22. The van der Waals surface area contributed by atoms with Gasteiger partial charge in [-0.25, -0.2) is 4.68 Å². The molecule has 1 amide bonds. The van der Waals surface area contributed by atoms with E-state index in [9.17, 15) is 4.79 Å². The first-order valence-electron chi connectivity index (χ1n) is 8.95. The first-order chi connectivity index (χ1) is 12.9. The molecule has 1 aliphatic carbocycles. The van der Waals surface area contributed by atoms with Crippen molar-refractivity contribution >= 4 is 40.9 Å². The van der Waals surface area contributed by atoms with Gasteiger partial charge in [-0.15, -0.1) is 10.2 Å². The molecule has 9 heteroatoms. The molecule has 1 saturated carbocycles. The highest BCUT2D eigenvalue weighted by Gasteiger charge is 2.28. The fourth-order valence-electron chi connectivity index (χ4n) is 3.39. The summed E-state index contributed by atoms with van der Waals surface area (Å²) in [5.74, 6) is 7.87. The van der Waals surface area contributed by atoms with Crippen LogP contribution in [0.15, 0.2) is 23.4 Å². The van der Waals surface area contributed by atoms with Crippen molar-refractivity contribution < 1.29 is 4.79 Å². The zero-order valence-electron chi connectivity index (χ0n) is 15.3. The van der Waals surface area contributed by atoms with Gasteiger partial charge in [0.05, 0.1) is 10.8 Å². The van der Waals surface area contributed by atoms with Gasteiger partial charge < -0.3 is 11.2 Å². The van der Waals surface area contributed by atoms with E-state index in [1.54, 1.807) is 18.2 Å². The summed E-state index contributed by atoms with van der Waals surface area (Å²) < 4.78 is 1.35. The smallest absolute Gasteiger partial charge is 0.230 e. The van der Waals surface area contributed by atoms with Gasteiger partial charge in [-0.05, 0) is 36.5 Å². The van der Waals surface area contributed by atoms with Crippen molar-refractivity contribution in [2.24, 2.45) is 11.8 Å². The van der Waals surface area contributed by atoms with Crippen molar-refractivity contribution in [2.75, 3.05) is 11.6 Å². The Labute approximate surface area is 173 Å². The van der Waals surface area contributed by atoms with Crippen molar-refractivity contribution in [3.63, 3.8) is 0 Å². The molecule has 0 aliphatic heterocycles. The molecule has 6 nitrogen and oxygen atoms in total. The second kappa shape index (κ2) is 8.71. The van der Waals surface area contributed by atoms with Crippen LogP contribution in [0.3, 0.4) is 0 Å². The molecule has 146 valence electrons. The number of thioether (sulfide) groups is 1. The average Bonchev–Trinajstić information content (AvgIpc) is 2.98. The van der Waals surface area contributed by atoms with Crippen molar-refractivity contribution in [1.82, 2.24) is 20.2 Å². The Bertz CT molecular complexity index is 828. The van der Waals surface area contributed by atoms with Crippen LogP contribution in [-0.2, 0) is 4.79 Å². The van der Waals surface area contributed by atoms with E-state index in [0.717, 1.165) is 12.8 Å². The number of rotatable bonds is 5. The van der Waals surface area contributed by atoms with Crippen LogP contribution in [0.2, 0.25) is 10.0 Å². The number of carbonyl (C=O) groups is 1. The number of carbonyl (C=O) groups excluding carboxylic acids is 1. The van der Waals surface area contributed by atoms with E-state index in [1.807, 2.05) is 0 Å². The van der Waals surface area contributed by atoms with Crippen molar-refractivity contribution in [1.29, 1.82) is 0 Å². The van der Waals surface area contributed by atoms with Crippen LogP contribution < -0.4 is 11.2 Å². The number of nitrogen functional groups attached to an aromatic ring is 1. The van der Waals surface area contributed by atoms with Crippen LogP contribution in [-0.4, -0.2) is 32.6 Å². The van der Waals surface area contributed by atoms with Crippen LogP contribution in [0.1, 0.15) is 33.1 Å². The molecule has 1 fully saturated rings. The van der Waals surface area contributed by atoms with E-state index >= 15 is 0 Å². The van der Waals surface area contributed by atoms with Gasteiger partial charge in [-0.1, -0.05) is 61.7 Å². The van der Waals surface area contributed by atoms with E-state index in [2.05, 4.69) is 29.4 Å². The molecule has 3 N–H and O–H groups in total. The number of nitrogens with two attached hydrogens (primary N) is 1. The molecule has 0 radical (unpaired) electrons. The van der Waals surface area contributed by atoms with E-state index in [0.29, 0.717) is 38.4 Å². The summed E-state index contributed by atoms with van der Waals surface area (Å²) in [5.41, 5.74) is 0.636. The third-order valence-corrected chi connectivity index (χ3v) is 6.71. The summed E-state index contributed by atoms with van der Waals surface area (Å²) in [6, 6.07) is 5.32. The Balaban J connectivity index is 1.62. The van der Waals surface area contributed by atoms with Crippen LogP contribution >= 0.6 is 35.0 Å². The topological polar surface area (TPSA) is 85.8 Å². The highest BCUT2D eigenvalue weighted by atomic mass is 35.5. The lowest BCUT2D eigenvalue weighted by molar-refractivity contribution is -0.120. The number of halogens is 2. The standard InChI is InChI=1S/C18H23Cl2N5OS/c1-10-4-3-5-15(11(10)2)22-16(26)9-27-18-24-23-17(25(18)21)13-7-6-12(19)8-14(13)20/h6-8,10-11,15H,3-5,9,21H2,1-2H3,(H,22,26)/t10-,11-,15+/m1/s1. The zero-order chi connectivity index (χ0) is 19.6. The molecule has 27 heavy (non-hydrogen) atoms. The molecule has 1 heterocycles. The molecule has 0 unspecified atom stereocenters. The molecular weight excluding hydrogens is 405 g/mol. The molecule has 2 aromatic rings. The highest BCUT2D eigenvalue weighted by molar-refractivity contribution is 7.99. The maximum Gasteiger partial charge on any atom is 0.230 e. The summed E-state index contributed by atoms with van der Waals surface area (Å²) in [5, 5.41) is 12.8. The average molecular weight is 428 g/mol. The van der Waals surface area contributed by atoms with Gasteiger partial charge in [-0.3, -0.25) is 4.79 Å². The molecule has 1 aliphatic rings. The fraction of sp³-hybridized carbons (Fsp3) is 0.500. The van der Waals surface area contributed by atoms with Gasteiger partial charge in [0, 0.05) is 16.6 Å². The minimum atomic E-state index is -0.0139. The number of hydrogen-bond acceptors (Lipinski definition) is 5. The summed E-state index contributed by atoms with van der Waals surface area (Å²) >= 11 is 13.4. The van der Waals surface area contributed by atoms with Gasteiger partial charge >= 0.3 is 0 Å². The number of benzene rings is 1. The lowest BCUT2D eigenvalue weighted by atomic mass is 9.78. The van der Waals surface area contributed by atoms with Crippen molar-refractivity contribution in [2.45, 2.75) is 44.3 Å². The predicted molar refractivity (Wildman–Crippen MR) is 110 cm³/mol. The molecule has 0 bridgehead atoms. The fourth-order valence-corrected chi connectivity index (χ4v) is 4.55. The van der Waals surface area contributed by atoms with Crippen LogP contribution in [0.25, 0.3) is 11.4 Å². The Kier molecular flexibility index (Phi) is 6.55. The van der Waals surface area contributed by atoms with E-state index < -0.39 is 0 Å². The van der Waals surface area contributed by atoms with Crippen LogP contribution in [0.5, 0.6) is 0 Å². The number of hydrogen-bond donors (Lipinski definition) is 2. The number of amides is 1. The molecule has 0 spiro atoms. The molecule has 0 saturated heterocycles.